The summed E-state index contributed by atoms with van der Waals surface area (Å²) in [5.41, 5.74) is 9.49. The number of nitrogens with one attached hydrogen (secondary N) is 1. The zero-order valence-corrected chi connectivity index (χ0v) is 11.5. The van der Waals surface area contributed by atoms with Crippen molar-refractivity contribution in [2.24, 2.45) is 0 Å². The minimum absolute atomic E-state index is 0.491. The molecular formula is C15H13BN4O. The smallest absolute Gasteiger partial charge is 0.237 e. The van der Waals surface area contributed by atoms with Gasteiger partial charge < -0.3 is 15.8 Å². The summed E-state index contributed by atoms with van der Waals surface area (Å²) in [6, 6.07) is 9.18. The summed E-state index contributed by atoms with van der Waals surface area (Å²) in [6.45, 7) is 0. The first kappa shape index (κ1) is 13.2. The Kier molecular flexibility index (Phi) is 3.35. The number of hydrogen-bond donors (Lipinski definition) is 2. The van der Waals surface area contributed by atoms with E-state index in [-0.39, 0.29) is 0 Å². The van der Waals surface area contributed by atoms with E-state index >= 15 is 0 Å². The summed E-state index contributed by atoms with van der Waals surface area (Å²) in [7, 11) is 7.43. The monoisotopic (exact) mass is 276 g/mol. The van der Waals surface area contributed by atoms with Crippen molar-refractivity contribution in [3.05, 3.63) is 42.7 Å². The van der Waals surface area contributed by atoms with Crippen LogP contribution >= 0.6 is 0 Å². The summed E-state index contributed by atoms with van der Waals surface area (Å²) in [5, 5.41) is 4.10. The van der Waals surface area contributed by atoms with Crippen LogP contribution in [0.3, 0.4) is 0 Å². The topological polar surface area (TPSA) is 73.1 Å². The van der Waals surface area contributed by atoms with E-state index in [4.69, 9.17) is 18.3 Å². The molecule has 0 amide bonds. The van der Waals surface area contributed by atoms with Crippen LogP contribution in [0.1, 0.15) is 0 Å². The van der Waals surface area contributed by atoms with E-state index in [1.165, 1.54) is 0 Å². The molecule has 6 heteroatoms. The summed E-state index contributed by atoms with van der Waals surface area (Å²) >= 11 is 0. The number of aromatic nitrogens is 2. The van der Waals surface area contributed by atoms with Crippen LogP contribution in [0.2, 0.25) is 0 Å². The minimum atomic E-state index is 0.491. The second-order valence-electron chi connectivity index (χ2n) is 4.55. The van der Waals surface area contributed by atoms with E-state index in [0.717, 1.165) is 22.3 Å². The molecule has 21 heavy (non-hydrogen) atoms. The molecule has 5 nitrogen and oxygen atoms in total. The molecule has 0 saturated carbocycles. The lowest BCUT2D eigenvalue weighted by Crippen LogP contribution is -2.05. The Morgan fingerprint density at radius 3 is 2.90 bits per heavy atom. The van der Waals surface area contributed by atoms with Gasteiger partial charge in [0.15, 0.2) is 0 Å². The Morgan fingerprint density at radius 2 is 2.10 bits per heavy atom. The zero-order valence-electron chi connectivity index (χ0n) is 11.5. The van der Waals surface area contributed by atoms with Gasteiger partial charge in [0.05, 0.1) is 30.2 Å². The number of ether oxygens (including phenoxy) is 1. The van der Waals surface area contributed by atoms with Gasteiger partial charge in [0.2, 0.25) is 5.88 Å². The molecule has 0 saturated heterocycles. The number of methoxy groups -OCH3 is 1. The van der Waals surface area contributed by atoms with Crippen LogP contribution in [-0.4, -0.2) is 24.9 Å². The summed E-state index contributed by atoms with van der Waals surface area (Å²) < 4.78 is 5.24. The Morgan fingerprint density at radius 1 is 1.24 bits per heavy atom. The molecular weight excluding hydrogens is 263 g/mol. The number of pyridine rings is 2. The maximum Gasteiger partial charge on any atom is 0.237 e. The lowest BCUT2D eigenvalue weighted by molar-refractivity contribution is 0.400. The zero-order chi connectivity index (χ0) is 14.8. The van der Waals surface area contributed by atoms with Gasteiger partial charge in [0, 0.05) is 11.6 Å². The van der Waals surface area contributed by atoms with Crippen LogP contribution in [0.4, 0.5) is 17.1 Å². The Hall–Kier alpha value is -2.76. The summed E-state index contributed by atoms with van der Waals surface area (Å²) in [4.78, 5) is 8.45. The van der Waals surface area contributed by atoms with Crippen LogP contribution in [0.15, 0.2) is 42.7 Å². The third-order valence-electron chi connectivity index (χ3n) is 3.15. The first-order chi connectivity index (χ1) is 10.2. The molecule has 0 unspecified atom stereocenters. The minimum Gasteiger partial charge on any atom is -0.480 e. The fourth-order valence-electron chi connectivity index (χ4n) is 2.15. The number of fused-ring (bicyclic) bond motifs is 1. The number of nitrogen functional groups attached to an aromatic ring is 1. The van der Waals surface area contributed by atoms with Gasteiger partial charge in [-0.3, -0.25) is 4.98 Å². The molecule has 0 aliphatic rings. The fraction of sp³-hybridized carbons (Fsp3) is 0.0667. The number of nitrogens with two attached hydrogens (primary N) is 1. The fourth-order valence-corrected chi connectivity index (χ4v) is 2.15. The lowest BCUT2D eigenvalue weighted by Gasteiger charge is -2.14. The molecule has 2 heterocycles. The van der Waals surface area contributed by atoms with Gasteiger partial charge in [-0.1, -0.05) is 17.6 Å². The number of nitrogens with zero attached hydrogens (tertiary/aromatic N) is 2. The normalized spacial score (nSPS) is 10.5. The molecule has 3 rings (SSSR count). The number of hydrogen-bond acceptors (Lipinski definition) is 5. The molecule has 2 aromatic heterocycles. The van der Waals surface area contributed by atoms with Crippen LogP contribution in [0.5, 0.6) is 5.88 Å². The highest BCUT2D eigenvalue weighted by Gasteiger charge is 2.10. The highest BCUT2D eigenvalue weighted by Crippen LogP contribution is 2.32. The van der Waals surface area contributed by atoms with Gasteiger partial charge >= 0.3 is 0 Å². The van der Waals surface area contributed by atoms with Gasteiger partial charge in [-0.05, 0) is 18.2 Å². The van der Waals surface area contributed by atoms with Crippen molar-refractivity contribution in [2.75, 3.05) is 18.2 Å². The summed E-state index contributed by atoms with van der Waals surface area (Å²) in [5.74, 6) is 0.491. The van der Waals surface area contributed by atoms with E-state index in [1.807, 2.05) is 24.3 Å². The van der Waals surface area contributed by atoms with E-state index < -0.39 is 0 Å². The number of rotatable bonds is 3. The maximum absolute atomic E-state index is 6.05. The van der Waals surface area contributed by atoms with Crippen LogP contribution in [-0.2, 0) is 0 Å². The average Bonchev–Trinajstić information content (AvgIpc) is 2.50. The lowest BCUT2D eigenvalue weighted by atomic mass is 9.94. The van der Waals surface area contributed by atoms with Crippen molar-refractivity contribution in [1.82, 2.24) is 9.97 Å². The third kappa shape index (κ3) is 2.47. The third-order valence-corrected chi connectivity index (χ3v) is 3.15. The molecule has 1 aromatic carbocycles. The van der Waals surface area contributed by atoms with Crippen molar-refractivity contribution in [3.63, 3.8) is 0 Å². The van der Waals surface area contributed by atoms with Gasteiger partial charge in [-0.15, -0.1) is 0 Å². The largest absolute Gasteiger partial charge is 0.480 e. The van der Waals surface area contributed by atoms with E-state index in [0.29, 0.717) is 17.0 Å². The SMILES string of the molecule is [B]c1ccc2ncc(N)c(Nc3cccnc3OC)c2c1. The highest BCUT2D eigenvalue weighted by molar-refractivity contribution is 6.33. The standard InChI is InChI=1S/C15H13BN4O/c1-21-15-13(3-2-6-18-15)20-14-10-7-9(16)4-5-12(10)19-8-11(14)17/h2-8H,17H2,1H3,(H,19,20). The Balaban J connectivity index is 2.15. The van der Waals surface area contributed by atoms with Crippen molar-refractivity contribution in [3.8, 4) is 5.88 Å². The first-order valence-corrected chi connectivity index (χ1v) is 6.39. The maximum atomic E-state index is 6.05. The Labute approximate surface area is 123 Å². The van der Waals surface area contributed by atoms with Gasteiger partial charge in [-0.2, -0.15) is 0 Å². The molecule has 0 atom stereocenters. The molecule has 2 radical (unpaired) electrons. The first-order valence-electron chi connectivity index (χ1n) is 6.39. The second kappa shape index (κ2) is 5.32. The number of benzene rings is 1. The average molecular weight is 276 g/mol. The number of anilines is 3. The molecule has 0 bridgehead atoms. The van der Waals surface area contributed by atoms with Crippen molar-refractivity contribution in [2.45, 2.75) is 0 Å². The second-order valence-corrected chi connectivity index (χ2v) is 4.55. The molecule has 3 N–H and O–H groups in total. The van der Waals surface area contributed by atoms with Gasteiger partial charge in [-0.25, -0.2) is 4.98 Å². The quantitative estimate of drug-likeness (QED) is 0.713. The molecule has 102 valence electrons. The van der Waals surface area contributed by atoms with Crippen LogP contribution in [0, 0.1) is 0 Å². The van der Waals surface area contributed by atoms with Crippen molar-refractivity contribution >= 4 is 41.3 Å². The van der Waals surface area contributed by atoms with Crippen molar-refractivity contribution in [1.29, 1.82) is 0 Å². The predicted octanol–water partition coefficient (Wildman–Crippen LogP) is 1.76. The molecule has 3 aromatic rings. The molecule has 0 aliphatic heterocycles. The summed E-state index contributed by atoms with van der Waals surface area (Å²) in [6.07, 6.45) is 3.28. The van der Waals surface area contributed by atoms with E-state index in [2.05, 4.69) is 15.3 Å². The van der Waals surface area contributed by atoms with Gasteiger partial charge in [0.25, 0.3) is 0 Å². The molecule has 0 spiro atoms. The highest BCUT2D eigenvalue weighted by atomic mass is 16.5. The predicted molar refractivity (Wildman–Crippen MR) is 85.6 cm³/mol. The van der Waals surface area contributed by atoms with E-state index in [9.17, 15) is 0 Å². The van der Waals surface area contributed by atoms with E-state index in [1.54, 1.807) is 25.6 Å². The van der Waals surface area contributed by atoms with Gasteiger partial charge in [0.1, 0.15) is 13.5 Å². The molecule has 0 aliphatic carbocycles. The van der Waals surface area contributed by atoms with Crippen LogP contribution < -0.4 is 21.3 Å². The Bertz CT molecular complexity index is 802. The van der Waals surface area contributed by atoms with Crippen LogP contribution in [0.25, 0.3) is 10.9 Å². The molecule has 0 fully saturated rings. The van der Waals surface area contributed by atoms with Crippen molar-refractivity contribution < 1.29 is 4.74 Å².